The smallest absolute Gasteiger partial charge is 0.309 e. The molecule has 0 spiro atoms. The van der Waals surface area contributed by atoms with Crippen LogP contribution < -0.4 is 0 Å². The van der Waals surface area contributed by atoms with E-state index in [1.807, 2.05) is 6.08 Å². The maximum atomic E-state index is 11.9. The topological polar surface area (TPSA) is 31.2 Å². The molecule has 0 N–H and O–H groups in total. The maximum Gasteiger partial charge on any atom is 0.309 e. The molecule has 0 aliphatic heterocycles. The summed E-state index contributed by atoms with van der Waals surface area (Å²) >= 11 is 0. The summed E-state index contributed by atoms with van der Waals surface area (Å²) in [7, 11) is 3.53. The van der Waals surface area contributed by atoms with Gasteiger partial charge in [0.1, 0.15) is 0 Å². The number of para-hydroxylation sites is 1. The lowest BCUT2D eigenvalue weighted by Crippen LogP contribution is -2.26. The summed E-state index contributed by atoms with van der Waals surface area (Å²) in [5.74, 6) is 0.0280. The van der Waals surface area contributed by atoms with Crippen molar-refractivity contribution in [3.05, 3.63) is 48.2 Å². The minimum absolute atomic E-state index is 0.0708. The van der Waals surface area contributed by atoms with Crippen LogP contribution in [0.3, 0.4) is 0 Å². The quantitative estimate of drug-likeness (QED) is 0.619. The number of aryl methyl sites for hydroxylation is 1. The number of hydrogen-bond acceptors (Lipinski definition) is 2. The fraction of sp³-hybridized carbons (Fsp3) is 0.353. The van der Waals surface area contributed by atoms with Gasteiger partial charge in [-0.15, -0.1) is 6.58 Å². The van der Waals surface area contributed by atoms with E-state index in [1.54, 1.807) is 0 Å². The van der Waals surface area contributed by atoms with Crippen LogP contribution in [-0.2, 0) is 23.0 Å². The van der Waals surface area contributed by atoms with Gasteiger partial charge in [-0.05, 0) is 18.1 Å². The second kappa shape index (κ2) is 4.82. The van der Waals surface area contributed by atoms with E-state index >= 15 is 0 Å². The second-order valence-corrected chi connectivity index (χ2v) is 5.44. The average molecular weight is 269 g/mol. The number of methoxy groups -OCH3 is 1. The summed E-state index contributed by atoms with van der Waals surface area (Å²) in [6.07, 6.45) is 3.50. The van der Waals surface area contributed by atoms with Crippen molar-refractivity contribution in [2.24, 2.45) is 13.0 Å². The minimum Gasteiger partial charge on any atom is -0.469 e. The Kier molecular flexibility index (Phi) is 3.13. The summed E-state index contributed by atoms with van der Waals surface area (Å²) in [5, 5.41) is 1.28. The summed E-state index contributed by atoms with van der Waals surface area (Å²) < 4.78 is 7.13. The lowest BCUT2D eigenvalue weighted by atomic mass is 9.79. The van der Waals surface area contributed by atoms with E-state index in [9.17, 15) is 4.79 Å². The molecule has 1 aromatic carbocycles. The third kappa shape index (κ3) is 1.77. The third-order valence-corrected chi connectivity index (χ3v) is 4.44. The minimum atomic E-state index is -0.118. The van der Waals surface area contributed by atoms with Crippen LogP contribution in [0.15, 0.2) is 36.9 Å². The number of ether oxygens (including phenoxy) is 1. The van der Waals surface area contributed by atoms with Crippen LogP contribution in [0.25, 0.3) is 10.9 Å². The molecule has 1 aliphatic carbocycles. The van der Waals surface area contributed by atoms with Crippen molar-refractivity contribution in [1.82, 2.24) is 4.57 Å². The van der Waals surface area contributed by atoms with Crippen LogP contribution in [0.5, 0.6) is 0 Å². The normalized spacial score (nSPS) is 21.5. The average Bonchev–Trinajstić information content (AvgIpc) is 2.79. The number of nitrogens with zero attached hydrogens (tertiary/aromatic N) is 1. The van der Waals surface area contributed by atoms with Gasteiger partial charge in [-0.1, -0.05) is 24.3 Å². The lowest BCUT2D eigenvalue weighted by Gasteiger charge is -2.27. The van der Waals surface area contributed by atoms with E-state index in [1.165, 1.54) is 29.3 Å². The molecule has 2 aromatic rings. The van der Waals surface area contributed by atoms with Crippen molar-refractivity contribution in [2.75, 3.05) is 7.11 Å². The number of esters is 1. The van der Waals surface area contributed by atoms with Gasteiger partial charge in [0, 0.05) is 36.0 Å². The molecule has 0 bridgehead atoms. The highest BCUT2D eigenvalue weighted by molar-refractivity contribution is 5.87. The van der Waals surface area contributed by atoms with Crippen LogP contribution in [-0.4, -0.2) is 17.6 Å². The Labute approximate surface area is 118 Å². The summed E-state index contributed by atoms with van der Waals surface area (Å²) in [4.78, 5) is 11.9. The predicted molar refractivity (Wildman–Crippen MR) is 79.7 cm³/mol. The van der Waals surface area contributed by atoms with Crippen molar-refractivity contribution in [3.8, 4) is 0 Å². The number of fused-ring (bicyclic) bond motifs is 3. The van der Waals surface area contributed by atoms with E-state index in [-0.39, 0.29) is 17.8 Å². The first-order chi connectivity index (χ1) is 9.67. The molecular formula is C17H19NO2. The molecule has 0 fully saturated rings. The van der Waals surface area contributed by atoms with Gasteiger partial charge < -0.3 is 9.30 Å². The highest BCUT2D eigenvalue weighted by Gasteiger charge is 2.33. The van der Waals surface area contributed by atoms with Crippen LogP contribution in [0, 0.1) is 5.92 Å². The molecule has 0 saturated carbocycles. The number of hydrogen-bond donors (Lipinski definition) is 0. The van der Waals surface area contributed by atoms with E-state index in [0.717, 1.165) is 12.8 Å². The third-order valence-electron chi connectivity index (χ3n) is 4.44. The van der Waals surface area contributed by atoms with Gasteiger partial charge >= 0.3 is 5.97 Å². The van der Waals surface area contributed by atoms with Gasteiger partial charge in [-0.3, -0.25) is 4.79 Å². The fourth-order valence-electron chi connectivity index (χ4n) is 3.44. The molecule has 1 aliphatic rings. The van der Waals surface area contributed by atoms with Gasteiger partial charge in [0.15, 0.2) is 0 Å². The Morgan fingerprint density at radius 2 is 2.20 bits per heavy atom. The van der Waals surface area contributed by atoms with Crippen molar-refractivity contribution >= 4 is 16.9 Å². The number of carbonyl (C=O) groups is 1. The Hall–Kier alpha value is -2.03. The molecule has 3 heteroatoms. The zero-order valence-electron chi connectivity index (χ0n) is 11.9. The second-order valence-electron chi connectivity index (χ2n) is 5.44. The Morgan fingerprint density at radius 3 is 2.90 bits per heavy atom. The van der Waals surface area contributed by atoms with Crippen molar-refractivity contribution in [2.45, 2.75) is 18.8 Å². The Balaban J connectivity index is 2.19. The standard InChI is InChI=1S/C17H19NO2/c1-4-11-9-12(17(19)20-3)10-15-16(11)13-7-5-6-8-14(13)18(15)2/h4-8,11-12H,1,9-10H2,2-3H3. The molecule has 2 atom stereocenters. The largest absolute Gasteiger partial charge is 0.469 e. The zero-order valence-corrected chi connectivity index (χ0v) is 11.9. The van der Waals surface area contributed by atoms with Crippen LogP contribution in [0.4, 0.5) is 0 Å². The molecule has 0 saturated heterocycles. The molecule has 20 heavy (non-hydrogen) atoms. The van der Waals surface area contributed by atoms with Crippen LogP contribution >= 0.6 is 0 Å². The highest BCUT2D eigenvalue weighted by atomic mass is 16.5. The number of allylic oxidation sites excluding steroid dienone is 1. The number of benzene rings is 1. The maximum absolute atomic E-state index is 11.9. The monoisotopic (exact) mass is 269 g/mol. The van der Waals surface area contributed by atoms with E-state index in [0.29, 0.717) is 0 Å². The lowest BCUT2D eigenvalue weighted by molar-refractivity contribution is -0.145. The van der Waals surface area contributed by atoms with Gasteiger partial charge in [0.05, 0.1) is 13.0 Å². The number of aromatic nitrogens is 1. The fourth-order valence-corrected chi connectivity index (χ4v) is 3.44. The first-order valence-corrected chi connectivity index (χ1v) is 6.94. The predicted octanol–water partition coefficient (Wildman–Crippen LogP) is 3.18. The summed E-state index contributed by atoms with van der Waals surface area (Å²) in [5.41, 5.74) is 3.78. The van der Waals surface area contributed by atoms with Crippen molar-refractivity contribution < 1.29 is 9.53 Å². The van der Waals surface area contributed by atoms with Gasteiger partial charge in [0.25, 0.3) is 0 Å². The van der Waals surface area contributed by atoms with Crippen LogP contribution in [0.1, 0.15) is 23.6 Å². The van der Waals surface area contributed by atoms with Gasteiger partial charge in [-0.25, -0.2) is 0 Å². The van der Waals surface area contributed by atoms with E-state index in [4.69, 9.17) is 4.74 Å². The van der Waals surface area contributed by atoms with Crippen LogP contribution in [0.2, 0.25) is 0 Å². The molecule has 104 valence electrons. The van der Waals surface area contributed by atoms with E-state index < -0.39 is 0 Å². The van der Waals surface area contributed by atoms with Gasteiger partial charge in [-0.2, -0.15) is 0 Å². The molecule has 0 radical (unpaired) electrons. The highest BCUT2D eigenvalue weighted by Crippen LogP contribution is 2.41. The molecule has 2 unspecified atom stereocenters. The number of carbonyl (C=O) groups excluding carboxylic acids is 1. The molecular weight excluding hydrogens is 250 g/mol. The molecule has 1 aromatic heterocycles. The zero-order chi connectivity index (χ0) is 14.3. The summed E-state index contributed by atoms with van der Waals surface area (Å²) in [6.45, 7) is 3.96. The van der Waals surface area contributed by atoms with Crippen molar-refractivity contribution in [1.29, 1.82) is 0 Å². The SMILES string of the molecule is C=CC1CC(C(=O)OC)Cc2c1c1ccccc1n2C. The Bertz CT molecular complexity index is 684. The molecule has 0 amide bonds. The first-order valence-electron chi connectivity index (χ1n) is 6.94. The van der Waals surface area contributed by atoms with Gasteiger partial charge in [0.2, 0.25) is 0 Å². The number of rotatable bonds is 2. The van der Waals surface area contributed by atoms with E-state index in [2.05, 4.69) is 42.5 Å². The first kappa shape index (κ1) is 13.0. The Morgan fingerprint density at radius 1 is 1.45 bits per heavy atom. The molecule has 3 rings (SSSR count). The molecule has 1 heterocycles. The molecule has 3 nitrogen and oxygen atoms in total. The van der Waals surface area contributed by atoms with Crippen molar-refractivity contribution in [3.63, 3.8) is 0 Å². The summed E-state index contributed by atoms with van der Waals surface area (Å²) in [6, 6.07) is 8.40.